The van der Waals surface area contributed by atoms with E-state index in [0.29, 0.717) is 19.2 Å². The molecule has 0 spiro atoms. The van der Waals surface area contributed by atoms with Gasteiger partial charge in [0.1, 0.15) is 23.5 Å². The number of alkyl halides is 3. The minimum atomic E-state index is -4.68. The van der Waals surface area contributed by atoms with Crippen LogP contribution >= 0.6 is 0 Å². The van der Waals surface area contributed by atoms with E-state index in [0.717, 1.165) is 24.5 Å². The van der Waals surface area contributed by atoms with Crippen molar-refractivity contribution in [3.63, 3.8) is 0 Å². The molecule has 1 aliphatic heterocycles. The first-order valence-electron chi connectivity index (χ1n) is 8.57. The van der Waals surface area contributed by atoms with Gasteiger partial charge in [-0.25, -0.2) is 18.7 Å². The molecule has 1 N–H and O–H groups in total. The SMILES string of the molecule is O=C1NCCn2c1cc(F)c2-c1cc(Cc2cc(F)cc(C(F)(F)F)c2)ncn1. The van der Waals surface area contributed by atoms with E-state index in [4.69, 9.17) is 0 Å². The Morgan fingerprint density at radius 2 is 1.86 bits per heavy atom. The van der Waals surface area contributed by atoms with Crippen molar-refractivity contribution in [2.75, 3.05) is 6.54 Å². The summed E-state index contributed by atoms with van der Waals surface area (Å²) in [6, 6.07) is 4.77. The van der Waals surface area contributed by atoms with Crippen LogP contribution in [0.1, 0.15) is 27.3 Å². The first-order valence-corrected chi connectivity index (χ1v) is 8.57. The first kappa shape index (κ1) is 19.0. The summed E-state index contributed by atoms with van der Waals surface area (Å²) in [7, 11) is 0. The maximum Gasteiger partial charge on any atom is 0.416 e. The Morgan fingerprint density at radius 3 is 2.62 bits per heavy atom. The van der Waals surface area contributed by atoms with Crippen molar-refractivity contribution in [2.24, 2.45) is 0 Å². The fraction of sp³-hybridized carbons (Fsp3) is 0.211. The molecular weight excluding hydrogens is 395 g/mol. The number of amides is 1. The van der Waals surface area contributed by atoms with Gasteiger partial charge in [-0.15, -0.1) is 0 Å². The highest BCUT2D eigenvalue weighted by Gasteiger charge is 2.31. The van der Waals surface area contributed by atoms with E-state index in [1.54, 1.807) is 0 Å². The number of benzene rings is 1. The second-order valence-corrected chi connectivity index (χ2v) is 6.55. The van der Waals surface area contributed by atoms with Crippen molar-refractivity contribution in [3.8, 4) is 11.4 Å². The normalized spacial score (nSPS) is 13.9. The molecule has 0 unspecified atom stereocenters. The van der Waals surface area contributed by atoms with Gasteiger partial charge in [0.15, 0.2) is 5.82 Å². The van der Waals surface area contributed by atoms with Crippen molar-refractivity contribution >= 4 is 5.91 Å². The van der Waals surface area contributed by atoms with Crippen LogP contribution < -0.4 is 5.32 Å². The number of fused-ring (bicyclic) bond motifs is 1. The van der Waals surface area contributed by atoms with Crippen LogP contribution in [0.4, 0.5) is 22.0 Å². The highest BCUT2D eigenvalue weighted by Crippen LogP contribution is 2.31. The largest absolute Gasteiger partial charge is 0.416 e. The zero-order valence-electron chi connectivity index (χ0n) is 14.7. The monoisotopic (exact) mass is 408 g/mol. The van der Waals surface area contributed by atoms with Gasteiger partial charge in [0, 0.05) is 31.3 Å². The Bertz CT molecular complexity index is 1110. The van der Waals surface area contributed by atoms with Crippen LogP contribution in [-0.2, 0) is 19.1 Å². The van der Waals surface area contributed by atoms with Gasteiger partial charge in [-0.1, -0.05) is 0 Å². The summed E-state index contributed by atoms with van der Waals surface area (Å²) in [6.45, 7) is 0.674. The van der Waals surface area contributed by atoms with E-state index in [1.165, 1.54) is 10.6 Å². The van der Waals surface area contributed by atoms with E-state index in [1.807, 2.05) is 0 Å². The Labute approximate surface area is 161 Å². The number of hydrogen-bond donors (Lipinski definition) is 1. The number of rotatable bonds is 3. The lowest BCUT2D eigenvalue weighted by molar-refractivity contribution is -0.137. The first-order chi connectivity index (χ1) is 13.7. The molecule has 0 bridgehead atoms. The number of carbonyl (C=O) groups is 1. The maximum absolute atomic E-state index is 14.5. The van der Waals surface area contributed by atoms with Crippen LogP contribution in [0.15, 0.2) is 36.7 Å². The predicted octanol–water partition coefficient (Wildman–Crippen LogP) is 3.58. The standard InChI is InChI=1S/C19H13F5N4O/c20-12-4-10(3-11(6-12)19(22,23)24)5-13-7-15(27-9-26-13)17-14(21)8-16-18(29)25-1-2-28(16)17/h3-4,6-9H,1-2,5H2,(H,25,29). The summed E-state index contributed by atoms with van der Waals surface area (Å²) in [5.41, 5.74) is -0.319. The topological polar surface area (TPSA) is 59.8 Å². The van der Waals surface area contributed by atoms with Crippen molar-refractivity contribution in [1.29, 1.82) is 0 Å². The van der Waals surface area contributed by atoms with Crippen molar-refractivity contribution in [1.82, 2.24) is 19.9 Å². The Balaban J connectivity index is 1.70. The van der Waals surface area contributed by atoms with Gasteiger partial charge >= 0.3 is 6.18 Å². The quantitative estimate of drug-likeness (QED) is 0.674. The second kappa shape index (κ2) is 6.94. The third kappa shape index (κ3) is 3.69. The van der Waals surface area contributed by atoms with Gasteiger partial charge in [0.05, 0.1) is 11.3 Å². The van der Waals surface area contributed by atoms with Crippen LogP contribution in [-0.4, -0.2) is 27.0 Å². The highest BCUT2D eigenvalue weighted by molar-refractivity contribution is 5.94. The molecule has 1 aromatic carbocycles. The molecule has 1 aliphatic rings. The molecule has 0 saturated carbocycles. The molecule has 150 valence electrons. The lowest BCUT2D eigenvalue weighted by Gasteiger charge is -2.18. The number of nitrogens with one attached hydrogen (secondary N) is 1. The molecule has 10 heteroatoms. The van der Waals surface area contributed by atoms with E-state index in [2.05, 4.69) is 15.3 Å². The van der Waals surface area contributed by atoms with Crippen LogP contribution in [0.25, 0.3) is 11.4 Å². The molecule has 3 heterocycles. The molecule has 3 aromatic rings. The summed E-state index contributed by atoms with van der Waals surface area (Å²) >= 11 is 0. The van der Waals surface area contributed by atoms with Gasteiger partial charge in [-0.2, -0.15) is 13.2 Å². The van der Waals surface area contributed by atoms with Crippen molar-refractivity contribution < 1.29 is 26.7 Å². The average Bonchev–Trinajstić information content (AvgIpc) is 2.98. The summed E-state index contributed by atoms with van der Waals surface area (Å²) in [4.78, 5) is 19.9. The highest BCUT2D eigenvalue weighted by atomic mass is 19.4. The zero-order chi connectivity index (χ0) is 20.8. The minimum absolute atomic E-state index is 0.0685. The Kier molecular flexibility index (Phi) is 4.56. The van der Waals surface area contributed by atoms with Crippen molar-refractivity contribution in [2.45, 2.75) is 19.1 Å². The molecular formula is C19H13F5N4O. The maximum atomic E-state index is 14.5. The predicted molar refractivity (Wildman–Crippen MR) is 92.0 cm³/mol. The van der Waals surface area contributed by atoms with Gasteiger partial charge in [-0.3, -0.25) is 4.79 Å². The summed E-state index contributed by atoms with van der Waals surface area (Å²) < 4.78 is 68.3. The second-order valence-electron chi connectivity index (χ2n) is 6.55. The molecule has 5 nitrogen and oxygen atoms in total. The third-order valence-electron chi connectivity index (χ3n) is 4.54. The van der Waals surface area contributed by atoms with Crippen LogP contribution in [0.2, 0.25) is 0 Å². The number of halogens is 5. The van der Waals surface area contributed by atoms with E-state index in [-0.39, 0.29) is 34.8 Å². The molecule has 0 atom stereocenters. The van der Waals surface area contributed by atoms with Gasteiger partial charge in [-0.05, 0) is 29.8 Å². The average molecular weight is 408 g/mol. The number of nitrogens with zero attached hydrogens (tertiary/aromatic N) is 3. The summed E-state index contributed by atoms with van der Waals surface area (Å²) in [5, 5.41) is 2.61. The molecule has 4 rings (SSSR count). The van der Waals surface area contributed by atoms with Crippen molar-refractivity contribution in [3.05, 3.63) is 70.8 Å². The minimum Gasteiger partial charge on any atom is -0.349 e. The summed E-state index contributed by atoms with van der Waals surface area (Å²) in [6.07, 6.45) is -3.63. The van der Waals surface area contributed by atoms with Gasteiger partial charge < -0.3 is 9.88 Å². The molecule has 0 fully saturated rings. The molecule has 0 saturated heterocycles. The van der Waals surface area contributed by atoms with Crippen LogP contribution in [0.5, 0.6) is 0 Å². The van der Waals surface area contributed by atoms with Gasteiger partial charge in [0.2, 0.25) is 0 Å². The molecule has 29 heavy (non-hydrogen) atoms. The Morgan fingerprint density at radius 1 is 1.07 bits per heavy atom. The lowest BCUT2D eigenvalue weighted by Crippen LogP contribution is -2.35. The van der Waals surface area contributed by atoms with Gasteiger partial charge in [0.25, 0.3) is 5.91 Å². The zero-order valence-corrected chi connectivity index (χ0v) is 14.7. The smallest absolute Gasteiger partial charge is 0.349 e. The van der Waals surface area contributed by atoms with Crippen LogP contribution in [0.3, 0.4) is 0 Å². The third-order valence-corrected chi connectivity index (χ3v) is 4.54. The van der Waals surface area contributed by atoms with E-state index in [9.17, 15) is 26.7 Å². The molecule has 0 aliphatic carbocycles. The molecule has 2 aromatic heterocycles. The number of carbonyl (C=O) groups excluding carboxylic acids is 1. The summed E-state index contributed by atoms with van der Waals surface area (Å²) in [5.74, 6) is -2.07. The fourth-order valence-corrected chi connectivity index (χ4v) is 3.32. The molecule has 0 radical (unpaired) electrons. The number of hydrogen-bond acceptors (Lipinski definition) is 3. The lowest BCUT2D eigenvalue weighted by atomic mass is 10.0. The van der Waals surface area contributed by atoms with E-state index < -0.39 is 29.3 Å². The number of aromatic nitrogens is 3. The van der Waals surface area contributed by atoms with E-state index >= 15 is 0 Å². The molecule has 1 amide bonds. The Hall–Kier alpha value is -3.30. The van der Waals surface area contributed by atoms with Crippen LogP contribution in [0, 0.1) is 11.6 Å². The fourth-order valence-electron chi connectivity index (χ4n) is 3.32.